The fourth-order valence-electron chi connectivity index (χ4n) is 3.07. The minimum atomic E-state index is -0.837. The van der Waals surface area contributed by atoms with Crippen molar-refractivity contribution in [3.8, 4) is 0 Å². The summed E-state index contributed by atoms with van der Waals surface area (Å²) in [4.78, 5) is 22.7. The van der Waals surface area contributed by atoms with Gasteiger partial charge in [0.2, 0.25) is 0 Å². The number of carboxylic acids is 1. The van der Waals surface area contributed by atoms with Gasteiger partial charge in [-0.25, -0.2) is 0 Å². The standard InChI is InChI=1S/C18H18O4/c19-17-9-8-15(22-17)11-14(18(20)21)10-13-6-3-5-12-4-1-2-7-16(12)13/h1-7,14-15H,8-11H2,(H,20,21). The molecule has 1 aliphatic rings. The fraction of sp³-hybridized carbons (Fsp3) is 0.333. The Morgan fingerprint density at radius 3 is 2.73 bits per heavy atom. The molecule has 3 rings (SSSR count). The number of benzene rings is 2. The molecule has 22 heavy (non-hydrogen) atoms. The second kappa shape index (κ2) is 6.18. The molecule has 1 saturated heterocycles. The van der Waals surface area contributed by atoms with E-state index in [-0.39, 0.29) is 12.1 Å². The van der Waals surface area contributed by atoms with Crippen molar-refractivity contribution in [2.75, 3.05) is 0 Å². The normalized spacial score (nSPS) is 19.1. The van der Waals surface area contributed by atoms with Crippen LogP contribution in [0.1, 0.15) is 24.8 Å². The zero-order valence-electron chi connectivity index (χ0n) is 12.2. The molecule has 0 spiro atoms. The van der Waals surface area contributed by atoms with Crippen molar-refractivity contribution in [1.82, 2.24) is 0 Å². The Labute approximate surface area is 128 Å². The second-order valence-electron chi connectivity index (χ2n) is 5.76. The summed E-state index contributed by atoms with van der Waals surface area (Å²) >= 11 is 0. The summed E-state index contributed by atoms with van der Waals surface area (Å²) in [7, 11) is 0. The van der Waals surface area contributed by atoms with E-state index in [0.29, 0.717) is 25.7 Å². The lowest BCUT2D eigenvalue weighted by atomic mass is 9.90. The van der Waals surface area contributed by atoms with Crippen molar-refractivity contribution in [2.45, 2.75) is 31.8 Å². The molecule has 0 saturated carbocycles. The molecule has 4 heteroatoms. The van der Waals surface area contributed by atoms with Crippen LogP contribution in [0.2, 0.25) is 0 Å². The number of fused-ring (bicyclic) bond motifs is 1. The fourth-order valence-corrected chi connectivity index (χ4v) is 3.07. The number of carbonyl (C=O) groups excluding carboxylic acids is 1. The summed E-state index contributed by atoms with van der Waals surface area (Å²) in [6.07, 6.45) is 1.59. The molecule has 1 heterocycles. The third-order valence-electron chi connectivity index (χ3n) is 4.21. The Morgan fingerprint density at radius 1 is 1.23 bits per heavy atom. The molecule has 2 aromatic carbocycles. The summed E-state index contributed by atoms with van der Waals surface area (Å²) in [6, 6.07) is 13.9. The van der Waals surface area contributed by atoms with Crippen LogP contribution in [0.25, 0.3) is 10.8 Å². The van der Waals surface area contributed by atoms with Gasteiger partial charge in [-0.1, -0.05) is 42.5 Å². The molecule has 0 radical (unpaired) electrons. The average Bonchev–Trinajstić information content (AvgIpc) is 2.92. The van der Waals surface area contributed by atoms with Crippen molar-refractivity contribution >= 4 is 22.7 Å². The van der Waals surface area contributed by atoms with Gasteiger partial charge in [-0.15, -0.1) is 0 Å². The Bertz CT molecular complexity index is 702. The highest BCUT2D eigenvalue weighted by atomic mass is 16.5. The topological polar surface area (TPSA) is 63.6 Å². The Balaban J connectivity index is 1.80. The maximum absolute atomic E-state index is 11.6. The number of hydrogen-bond acceptors (Lipinski definition) is 3. The van der Waals surface area contributed by atoms with E-state index in [1.54, 1.807) is 0 Å². The van der Waals surface area contributed by atoms with Crippen LogP contribution in [0.3, 0.4) is 0 Å². The third-order valence-corrected chi connectivity index (χ3v) is 4.21. The zero-order chi connectivity index (χ0) is 15.5. The molecule has 2 aromatic rings. The molecule has 4 nitrogen and oxygen atoms in total. The van der Waals surface area contributed by atoms with E-state index in [4.69, 9.17) is 4.74 Å². The van der Waals surface area contributed by atoms with Gasteiger partial charge in [-0.2, -0.15) is 0 Å². The maximum atomic E-state index is 11.6. The van der Waals surface area contributed by atoms with E-state index in [9.17, 15) is 14.7 Å². The summed E-state index contributed by atoms with van der Waals surface area (Å²) in [5.41, 5.74) is 1.02. The Kier molecular flexibility index (Phi) is 4.09. The summed E-state index contributed by atoms with van der Waals surface area (Å²) in [5, 5.41) is 11.7. The minimum absolute atomic E-state index is 0.223. The molecule has 0 bridgehead atoms. The van der Waals surface area contributed by atoms with Gasteiger partial charge in [0.05, 0.1) is 5.92 Å². The molecule has 0 amide bonds. The first-order chi connectivity index (χ1) is 10.6. The number of carbonyl (C=O) groups is 2. The highest BCUT2D eigenvalue weighted by Gasteiger charge is 2.29. The summed E-state index contributed by atoms with van der Waals surface area (Å²) in [6.45, 7) is 0. The lowest BCUT2D eigenvalue weighted by molar-refractivity contribution is -0.147. The minimum Gasteiger partial charge on any atom is -0.481 e. The Hall–Kier alpha value is -2.36. The average molecular weight is 298 g/mol. The maximum Gasteiger partial charge on any atom is 0.306 e. The van der Waals surface area contributed by atoms with Crippen molar-refractivity contribution in [2.24, 2.45) is 5.92 Å². The molecule has 114 valence electrons. The van der Waals surface area contributed by atoms with E-state index in [1.165, 1.54) is 0 Å². The van der Waals surface area contributed by atoms with Crippen LogP contribution >= 0.6 is 0 Å². The smallest absolute Gasteiger partial charge is 0.306 e. The van der Waals surface area contributed by atoms with E-state index >= 15 is 0 Å². The van der Waals surface area contributed by atoms with Crippen LogP contribution in [0.4, 0.5) is 0 Å². The van der Waals surface area contributed by atoms with E-state index in [0.717, 1.165) is 16.3 Å². The molecule has 1 N–H and O–H groups in total. The first-order valence-corrected chi connectivity index (χ1v) is 7.52. The van der Waals surface area contributed by atoms with Crippen molar-refractivity contribution < 1.29 is 19.4 Å². The van der Waals surface area contributed by atoms with Crippen LogP contribution in [0.15, 0.2) is 42.5 Å². The van der Waals surface area contributed by atoms with Crippen LogP contribution in [-0.2, 0) is 20.7 Å². The SMILES string of the molecule is O=C1CCC(CC(Cc2cccc3ccccc23)C(=O)O)O1. The molecular weight excluding hydrogens is 280 g/mol. The highest BCUT2D eigenvalue weighted by molar-refractivity contribution is 5.86. The lowest BCUT2D eigenvalue weighted by Crippen LogP contribution is -2.23. The summed E-state index contributed by atoms with van der Waals surface area (Å²) in [5.74, 6) is -1.60. The molecule has 1 aliphatic heterocycles. The number of esters is 1. The quantitative estimate of drug-likeness (QED) is 0.861. The molecule has 2 atom stereocenters. The van der Waals surface area contributed by atoms with E-state index < -0.39 is 11.9 Å². The molecule has 1 fully saturated rings. The van der Waals surface area contributed by atoms with Crippen molar-refractivity contribution in [1.29, 1.82) is 0 Å². The third kappa shape index (κ3) is 3.11. The van der Waals surface area contributed by atoms with Crippen LogP contribution < -0.4 is 0 Å². The molecule has 0 aliphatic carbocycles. The Morgan fingerprint density at radius 2 is 2.00 bits per heavy atom. The second-order valence-corrected chi connectivity index (χ2v) is 5.76. The number of cyclic esters (lactones) is 1. The molecule has 0 aromatic heterocycles. The van der Waals surface area contributed by atoms with Crippen molar-refractivity contribution in [3.05, 3.63) is 48.0 Å². The van der Waals surface area contributed by atoms with Gasteiger partial charge in [0.15, 0.2) is 0 Å². The largest absolute Gasteiger partial charge is 0.481 e. The number of hydrogen-bond donors (Lipinski definition) is 1. The first kappa shape index (κ1) is 14.6. The summed E-state index contributed by atoms with van der Waals surface area (Å²) < 4.78 is 5.16. The van der Waals surface area contributed by atoms with Gasteiger partial charge < -0.3 is 9.84 Å². The number of ether oxygens (including phenoxy) is 1. The van der Waals surface area contributed by atoms with Gasteiger partial charge in [0, 0.05) is 6.42 Å². The van der Waals surface area contributed by atoms with E-state index in [1.807, 2.05) is 42.5 Å². The predicted molar refractivity (Wildman–Crippen MR) is 82.5 cm³/mol. The molecule has 2 unspecified atom stereocenters. The van der Waals surface area contributed by atoms with Crippen LogP contribution in [-0.4, -0.2) is 23.1 Å². The highest BCUT2D eigenvalue weighted by Crippen LogP contribution is 2.26. The number of aliphatic carboxylic acids is 1. The van der Waals surface area contributed by atoms with Gasteiger partial charge in [-0.05, 0) is 35.6 Å². The van der Waals surface area contributed by atoms with Crippen LogP contribution in [0, 0.1) is 5.92 Å². The van der Waals surface area contributed by atoms with Crippen molar-refractivity contribution in [3.63, 3.8) is 0 Å². The van der Waals surface area contributed by atoms with Gasteiger partial charge in [0.25, 0.3) is 0 Å². The lowest BCUT2D eigenvalue weighted by Gasteiger charge is -2.17. The zero-order valence-corrected chi connectivity index (χ0v) is 12.2. The molecular formula is C18H18O4. The number of rotatable bonds is 5. The monoisotopic (exact) mass is 298 g/mol. The van der Waals surface area contributed by atoms with Gasteiger partial charge >= 0.3 is 11.9 Å². The van der Waals surface area contributed by atoms with Gasteiger partial charge in [-0.3, -0.25) is 9.59 Å². The number of carboxylic acid groups (broad SMARTS) is 1. The predicted octanol–water partition coefficient (Wildman–Crippen LogP) is 3.18. The van der Waals surface area contributed by atoms with Gasteiger partial charge in [0.1, 0.15) is 6.10 Å². The van der Waals surface area contributed by atoms with E-state index in [2.05, 4.69) is 0 Å². The first-order valence-electron chi connectivity index (χ1n) is 7.52. The van der Waals surface area contributed by atoms with Crippen LogP contribution in [0.5, 0.6) is 0 Å².